The van der Waals surface area contributed by atoms with Crippen molar-refractivity contribution < 1.29 is 14.3 Å². The van der Waals surface area contributed by atoms with Crippen LogP contribution in [0.1, 0.15) is 22.3 Å². The van der Waals surface area contributed by atoms with Gasteiger partial charge in [0.05, 0.1) is 19.9 Å². The molecule has 6 heteroatoms. The van der Waals surface area contributed by atoms with E-state index in [0.717, 1.165) is 24.3 Å². The van der Waals surface area contributed by atoms with E-state index in [0.29, 0.717) is 24.6 Å². The molecule has 3 rings (SSSR count). The summed E-state index contributed by atoms with van der Waals surface area (Å²) in [4.78, 5) is 12.2. The Kier molecular flexibility index (Phi) is 3.77. The number of fused-ring (bicyclic) bond motifs is 1. The molecule has 0 radical (unpaired) electrons. The quantitative estimate of drug-likeness (QED) is 0.927. The number of carbonyl (C=O) groups excluding carboxylic acids is 1. The molecule has 2 aromatic rings. The first-order valence-corrected chi connectivity index (χ1v) is 6.87. The van der Waals surface area contributed by atoms with Crippen LogP contribution in [-0.2, 0) is 13.1 Å². The van der Waals surface area contributed by atoms with Crippen LogP contribution in [0.3, 0.4) is 0 Å². The number of nitrogens with zero attached hydrogens (tertiary/aromatic N) is 2. The van der Waals surface area contributed by atoms with Gasteiger partial charge in [-0.2, -0.15) is 5.10 Å². The molecule has 0 spiro atoms. The summed E-state index contributed by atoms with van der Waals surface area (Å²) >= 11 is 0. The van der Waals surface area contributed by atoms with E-state index in [1.165, 1.54) is 0 Å². The number of nitrogens with one attached hydrogen (secondary N) is 1. The Hall–Kier alpha value is -2.50. The molecule has 0 fully saturated rings. The van der Waals surface area contributed by atoms with Gasteiger partial charge in [-0.1, -0.05) is 12.1 Å². The lowest BCUT2D eigenvalue weighted by molar-refractivity contribution is 0.0944. The number of aryl methyl sites for hydroxylation is 1. The van der Waals surface area contributed by atoms with Crippen LogP contribution in [0.25, 0.3) is 0 Å². The van der Waals surface area contributed by atoms with Crippen molar-refractivity contribution in [2.75, 3.05) is 13.7 Å². The summed E-state index contributed by atoms with van der Waals surface area (Å²) in [6.07, 6.45) is 2.48. The van der Waals surface area contributed by atoms with Crippen molar-refractivity contribution in [3.05, 3.63) is 41.6 Å². The first kappa shape index (κ1) is 13.5. The number of amides is 1. The zero-order valence-corrected chi connectivity index (χ0v) is 11.8. The molecule has 21 heavy (non-hydrogen) atoms. The molecule has 0 saturated heterocycles. The van der Waals surface area contributed by atoms with Gasteiger partial charge in [-0.25, -0.2) is 4.68 Å². The SMILES string of the molecule is COc1ccc(CNC(=O)c2cnn3c2OCCC3)cc1. The van der Waals surface area contributed by atoms with Crippen LogP contribution in [0.4, 0.5) is 0 Å². The number of rotatable bonds is 4. The molecule has 1 aliphatic heterocycles. The van der Waals surface area contributed by atoms with Crippen LogP contribution in [0.2, 0.25) is 0 Å². The van der Waals surface area contributed by atoms with E-state index in [2.05, 4.69) is 10.4 Å². The Morgan fingerprint density at radius 2 is 2.24 bits per heavy atom. The number of methoxy groups -OCH3 is 1. The average molecular weight is 287 g/mol. The molecule has 110 valence electrons. The predicted molar refractivity (Wildman–Crippen MR) is 76.5 cm³/mol. The Balaban J connectivity index is 1.64. The van der Waals surface area contributed by atoms with E-state index in [-0.39, 0.29) is 5.91 Å². The molecule has 0 atom stereocenters. The van der Waals surface area contributed by atoms with Crippen LogP contribution in [0.5, 0.6) is 11.6 Å². The minimum absolute atomic E-state index is 0.172. The summed E-state index contributed by atoms with van der Waals surface area (Å²) in [6, 6.07) is 7.57. The lowest BCUT2D eigenvalue weighted by Gasteiger charge is -2.15. The van der Waals surface area contributed by atoms with Gasteiger partial charge in [0.25, 0.3) is 5.91 Å². The van der Waals surface area contributed by atoms with Crippen LogP contribution >= 0.6 is 0 Å². The molecule has 1 N–H and O–H groups in total. The molecule has 0 saturated carbocycles. The summed E-state index contributed by atoms with van der Waals surface area (Å²) in [5.74, 6) is 1.19. The zero-order chi connectivity index (χ0) is 14.7. The number of aromatic nitrogens is 2. The van der Waals surface area contributed by atoms with E-state index in [1.54, 1.807) is 18.0 Å². The smallest absolute Gasteiger partial charge is 0.258 e. The normalized spacial score (nSPS) is 13.2. The highest BCUT2D eigenvalue weighted by molar-refractivity contribution is 5.96. The van der Waals surface area contributed by atoms with Gasteiger partial charge >= 0.3 is 0 Å². The summed E-state index contributed by atoms with van der Waals surface area (Å²) in [5.41, 5.74) is 1.49. The lowest BCUT2D eigenvalue weighted by atomic mass is 10.2. The molecule has 0 bridgehead atoms. The number of carbonyl (C=O) groups is 1. The third kappa shape index (κ3) is 2.84. The monoisotopic (exact) mass is 287 g/mol. The molecule has 1 amide bonds. The largest absolute Gasteiger partial charge is 0.497 e. The first-order valence-electron chi connectivity index (χ1n) is 6.87. The summed E-state index contributed by atoms with van der Waals surface area (Å²) in [6.45, 7) is 1.87. The maximum absolute atomic E-state index is 12.2. The Labute approximate surface area is 122 Å². The molecule has 2 heterocycles. The minimum Gasteiger partial charge on any atom is -0.497 e. The Morgan fingerprint density at radius 3 is 3.00 bits per heavy atom. The second-order valence-corrected chi connectivity index (χ2v) is 4.82. The van der Waals surface area contributed by atoms with Crippen molar-refractivity contribution in [3.8, 4) is 11.6 Å². The number of hydrogen-bond acceptors (Lipinski definition) is 4. The highest BCUT2D eigenvalue weighted by atomic mass is 16.5. The first-order chi connectivity index (χ1) is 10.3. The Bertz CT molecular complexity index is 634. The van der Waals surface area contributed by atoms with Gasteiger partial charge < -0.3 is 14.8 Å². The second-order valence-electron chi connectivity index (χ2n) is 4.82. The van der Waals surface area contributed by atoms with E-state index in [1.807, 2.05) is 24.3 Å². The fourth-order valence-corrected chi connectivity index (χ4v) is 2.25. The molecule has 0 aliphatic carbocycles. The van der Waals surface area contributed by atoms with Crippen LogP contribution in [0, 0.1) is 0 Å². The van der Waals surface area contributed by atoms with Crippen LogP contribution in [0.15, 0.2) is 30.5 Å². The van der Waals surface area contributed by atoms with Gasteiger partial charge in [0.2, 0.25) is 5.88 Å². The number of ether oxygens (including phenoxy) is 2. The molecule has 1 aromatic carbocycles. The maximum atomic E-state index is 12.2. The van der Waals surface area contributed by atoms with Gasteiger partial charge in [-0.05, 0) is 17.7 Å². The molecule has 6 nitrogen and oxygen atoms in total. The average Bonchev–Trinajstić information content (AvgIpc) is 2.97. The van der Waals surface area contributed by atoms with E-state index < -0.39 is 0 Å². The van der Waals surface area contributed by atoms with Gasteiger partial charge in [0.1, 0.15) is 11.3 Å². The molecule has 1 aromatic heterocycles. The van der Waals surface area contributed by atoms with Crippen molar-refractivity contribution in [3.63, 3.8) is 0 Å². The lowest BCUT2D eigenvalue weighted by Crippen LogP contribution is -2.24. The van der Waals surface area contributed by atoms with Gasteiger partial charge in [0.15, 0.2) is 0 Å². The van der Waals surface area contributed by atoms with Crippen molar-refractivity contribution in [2.45, 2.75) is 19.5 Å². The molecular weight excluding hydrogens is 270 g/mol. The molecule has 1 aliphatic rings. The standard InChI is InChI=1S/C15H17N3O3/c1-20-12-5-3-11(4-6-12)9-16-14(19)13-10-17-18-7-2-8-21-15(13)18/h3-6,10H,2,7-9H2,1H3,(H,16,19). The van der Waals surface area contributed by atoms with Crippen LogP contribution < -0.4 is 14.8 Å². The number of benzene rings is 1. The van der Waals surface area contributed by atoms with Crippen molar-refractivity contribution in [2.24, 2.45) is 0 Å². The zero-order valence-electron chi connectivity index (χ0n) is 11.8. The van der Waals surface area contributed by atoms with Gasteiger partial charge in [0, 0.05) is 19.5 Å². The second kappa shape index (κ2) is 5.87. The predicted octanol–water partition coefficient (Wildman–Crippen LogP) is 1.60. The Morgan fingerprint density at radius 1 is 1.43 bits per heavy atom. The van der Waals surface area contributed by atoms with Crippen LogP contribution in [-0.4, -0.2) is 29.4 Å². The molecular formula is C15H17N3O3. The summed E-state index contributed by atoms with van der Waals surface area (Å²) < 4.78 is 12.4. The summed E-state index contributed by atoms with van der Waals surface area (Å²) in [5, 5.41) is 7.05. The van der Waals surface area contributed by atoms with Crippen molar-refractivity contribution in [1.82, 2.24) is 15.1 Å². The number of hydrogen-bond donors (Lipinski definition) is 1. The fraction of sp³-hybridized carbons (Fsp3) is 0.333. The van der Waals surface area contributed by atoms with E-state index in [9.17, 15) is 4.79 Å². The highest BCUT2D eigenvalue weighted by Gasteiger charge is 2.21. The minimum atomic E-state index is -0.172. The van der Waals surface area contributed by atoms with Crippen molar-refractivity contribution in [1.29, 1.82) is 0 Å². The maximum Gasteiger partial charge on any atom is 0.258 e. The third-order valence-corrected chi connectivity index (χ3v) is 3.40. The van der Waals surface area contributed by atoms with Gasteiger partial charge in [-0.3, -0.25) is 4.79 Å². The molecule has 0 unspecified atom stereocenters. The fourth-order valence-electron chi connectivity index (χ4n) is 2.25. The van der Waals surface area contributed by atoms with Crippen molar-refractivity contribution >= 4 is 5.91 Å². The van der Waals surface area contributed by atoms with E-state index >= 15 is 0 Å². The van der Waals surface area contributed by atoms with E-state index in [4.69, 9.17) is 9.47 Å². The third-order valence-electron chi connectivity index (χ3n) is 3.40. The topological polar surface area (TPSA) is 65.4 Å². The van der Waals surface area contributed by atoms with Gasteiger partial charge in [-0.15, -0.1) is 0 Å². The summed E-state index contributed by atoms with van der Waals surface area (Å²) in [7, 11) is 1.62. The highest BCUT2D eigenvalue weighted by Crippen LogP contribution is 2.22.